The van der Waals surface area contributed by atoms with Gasteiger partial charge >= 0.3 is 0 Å². The number of nitrogens with zero attached hydrogens (tertiary/aromatic N) is 4. The van der Waals surface area contributed by atoms with Gasteiger partial charge in [-0.25, -0.2) is 15.0 Å². The lowest BCUT2D eigenvalue weighted by atomic mass is 10.0. The molecule has 0 amide bonds. The van der Waals surface area contributed by atoms with Crippen molar-refractivity contribution in [1.82, 2.24) is 19.5 Å². The van der Waals surface area contributed by atoms with E-state index >= 15 is 0 Å². The lowest BCUT2D eigenvalue weighted by Crippen LogP contribution is -2.00. The maximum atomic E-state index is 6.74. The minimum absolute atomic E-state index is 0.581. The molecule has 59 heavy (non-hydrogen) atoms. The summed E-state index contributed by atoms with van der Waals surface area (Å²) in [5.41, 5.74) is 9.41. The molecule has 274 valence electrons. The van der Waals surface area contributed by atoms with Gasteiger partial charge in [0.05, 0.1) is 16.7 Å². The van der Waals surface area contributed by atoms with Gasteiger partial charge in [-0.2, -0.15) is 0 Å². The van der Waals surface area contributed by atoms with E-state index < -0.39 is 0 Å². The van der Waals surface area contributed by atoms with Crippen molar-refractivity contribution in [2.75, 3.05) is 0 Å². The van der Waals surface area contributed by atoms with Crippen LogP contribution in [0, 0.1) is 0 Å². The number of benzene rings is 9. The van der Waals surface area contributed by atoms with Gasteiger partial charge in [0.15, 0.2) is 17.5 Å². The van der Waals surface area contributed by atoms with Gasteiger partial charge in [-0.05, 0) is 77.5 Å². The fourth-order valence-electron chi connectivity index (χ4n) is 9.03. The van der Waals surface area contributed by atoms with Crippen LogP contribution in [0.3, 0.4) is 0 Å². The zero-order valence-electron chi connectivity index (χ0n) is 31.4. The third kappa shape index (κ3) is 4.84. The van der Waals surface area contributed by atoms with Crippen molar-refractivity contribution in [1.29, 1.82) is 0 Å². The monoisotopic (exact) mass is 754 g/mol. The first kappa shape index (κ1) is 32.0. The van der Waals surface area contributed by atoms with Crippen LogP contribution in [-0.4, -0.2) is 19.5 Å². The molecular formula is C53H30N4O2. The van der Waals surface area contributed by atoms with E-state index in [0.717, 1.165) is 88.1 Å². The highest BCUT2D eigenvalue weighted by Crippen LogP contribution is 2.42. The van der Waals surface area contributed by atoms with Crippen LogP contribution in [-0.2, 0) is 0 Å². The molecule has 0 aliphatic rings. The Morgan fingerprint density at radius 3 is 1.64 bits per heavy atom. The van der Waals surface area contributed by atoms with E-state index in [1.807, 2.05) is 72.8 Å². The van der Waals surface area contributed by atoms with E-state index in [2.05, 4.69) is 114 Å². The third-order valence-electron chi connectivity index (χ3n) is 11.8. The molecule has 0 N–H and O–H groups in total. The predicted molar refractivity (Wildman–Crippen MR) is 240 cm³/mol. The molecule has 13 aromatic rings. The average Bonchev–Trinajstić information content (AvgIpc) is 3.97. The molecule has 0 aliphatic carbocycles. The highest BCUT2D eigenvalue weighted by molar-refractivity contribution is 6.20. The third-order valence-corrected chi connectivity index (χ3v) is 11.8. The molecule has 0 fully saturated rings. The summed E-state index contributed by atoms with van der Waals surface area (Å²) in [6.07, 6.45) is 0. The van der Waals surface area contributed by atoms with Crippen LogP contribution in [0.1, 0.15) is 0 Å². The summed E-state index contributed by atoms with van der Waals surface area (Å²) in [4.78, 5) is 15.3. The number of hydrogen-bond donors (Lipinski definition) is 0. The first-order chi connectivity index (χ1) is 29.2. The fraction of sp³-hybridized carbons (Fsp3) is 0. The van der Waals surface area contributed by atoms with Crippen LogP contribution in [0.2, 0.25) is 0 Å². The van der Waals surface area contributed by atoms with Crippen molar-refractivity contribution in [3.05, 3.63) is 182 Å². The van der Waals surface area contributed by atoms with Gasteiger partial charge in [-0.15, -0.1) is 0 Å². The summed E-state index contributed by atoms with van der Waals surface area (Å²) < 4.78 is 15.3. The van der Waals surface area contributed by atoms with Crippen LogP contribution in [0.15, 0.2) is 191 Å². The number of fused-ring (bicyclic) bond motifs is 12. The van der Waals surface area contributed by atoms with E-state index in [9.17, 15) is 0 Å². The maximum absolute atomic E-state index is 6.74. The molecule has 0 atom stereocenters. The molecule has 0 unspecified atom stereocenters. The molecule has 0 radical (unpaired) electrons. The molecule has 6 heteroatoms. The first-order valence-corrected chi connectivity index (χ1v) is 19.8. The first-order valence-electron chi connectivity index (χ1n) is 19.8. The van der Waals surface area contributed by atoms with Crippen molar-refractivity contribution in [3.63, 3.8) is 0 Å². The maximum Gasteiger partial charge on any atom is 0.164 e. The van der Waals surface area contributed by atoms with Gasteiger partial charge in [0.1, 0.15) is 22.3 Å². The van der Waals surface area contributed by atoms with Gasteiger partial charge in [0, 0.05) is 59.8 Å². The second kappa shape index (κ2) is 12.2. The van der Waals surface area contributed by atoms with Crippen molar-refractivity contribution in [3.8, 4) is 39.9 Å². The number of furan rings is 2. The summed E-state index contributed by atoms with van der Waals surface area (Å²) in [5.74, 6) is 1.77. The molecule has 4 aromatic heterocycles. The SMILES string of the molecule is c1ccc(-c2nc(-c3ccc4oc5ccccc5c4c3)nc(-c3ccc4oc5c6ccccc6c(-n6c7ccccc7c7cc8ccccc8cc76)cc5c4c3)n2)cc1. The van der Waals surface area contributed by atoms with Crippen molar-refractivity contribution in [2.24, 2.45) is 0 Å². The lowest BCUT2D eigenvalue weighted by molar-refractivity contribution is 0.669. The van der Waals surface area contributed by atoms with Crippen molar-refractivity contribution < 1.29 is 8.83 Å². The van der Waals surface area contributed by atoms with E-state index in [1.165, 1.54) is 21.5 Å². The number of rotatable bonds is 4. The number of hydrogen-bond acceptors (Lipinski definition) is 5. The van der Waals surface area contributed by atoms with Gasteiger partial charge in [-0.1, -0.05) is 115 Å². The summed E-state index contributed by atoms with van der Waals surface area (Å²) >= 11 is 0. The van der Waals surface area contributed by atoms with Crippen molar-refractivity contribution in [2.45, 2.75) is 0 Å². The Kier molecular flexibility index (Phi) is 6.63. The lowest BCUT2D eigenvalue weighted by Gasteiger charge is -2.13. The summed E-state index contributed by atoms with van der Waals surface area (Å²) in [5, 5.41) is 11.1. The summed E-state index contributed by atoms with van der Waals surface area (Å²) in [6.45, 7) is 0. The average molecular weight is 755 g/mol. The highest BCUT2D eigenvalue weighted by Gasteiger charge is 2.21. The Balaban J connectivity index is 1.05. The van der Waals surface area contributed by atoms with E-state index in [4.69, 9.17) is 23.8 Å². The predicted octanol–water partition coefficient (Wildman–Crippen LogP) is 14.1. The van der Waals surface area contributed by atoms with Gasteiger partial charge in [-0.3, -0.25) is 0 Å². The van der Waals surface area contributed by atoms with E-state index in [-0.39, 0.29) is 0 Å². The molecule has 13 rings (SSSR count). The quantitative estimate of drug-likeness (QED) is 0.179. The molecule has 0 aliphatic heterocycles. The van der Waals surface area contributed by atoms with Crippen LogP contribution in [0.5, 0.6) is 0 Å². The number of para-hydroxylation sites is 2. The molecule has 0 saturated heterocycles. The van der Waals surface area contributed by atoms with Gasteiger partial charge in [0.25, 0.3) is 0 Å². The normalized spacial score (nSPS) is 12.1. The standard InChI is InChI=1S/C53H30N4O2/c1-2-12-31(13-3-1)51-54-52(34-22-24-48-41(27-34)38-18-9-11-21-47(38)58-48)56-53(55-51)35-23-25-49-42(28-35)43-30-46(36-16-6-7-19-39(36)50(43)59-49)57-44-20-10-8-17-37(44)40-26-32-14-4-5-15-33(32)29-45(40)57/h1-30H. The molecule has 4 heterocycles. The molecule has 0 saturated carbocycles. The van der Waals surface area contributed by atoms with Crippen LogP contribution < -0.4 is 0 Å². The summed E-state index contributed by atoms with van der Waals surface area (Å²) in [6, 6.07) is 63.4. The van der Waals surface area contributed by atoms with Gasteiger partial charge in [0.2, 0.25) is 0 Å². The second-order valence-corrected chi connectivity index (χ2v) is 15.2. The van der Waals surface area contributed by atoms with Crippen LogP contribution >= 0.6 is 0 Å². The Morgan fingerprint density at radius 2 is 0.881 bits per heavy atom. The fourth-order valence-corrected chi connectivity index (χ4v) is 9.03. The smallest absolute Gasteiger partial charge is 0.164 e. The minimum Gasteiger partial charge on any atom is -0.456 e. The largest absolute Gasteiger partial charge is 0.456 e. The summed E-state index contributed by atoms with van der Waals surface area (Å²) in [7, 11) is 0. The molecular weight excluding hydrogens is 725 g/mol. The molecule has 9 aromatic carbocycles. The van der Waals surface area contributed by atoms with Crippen LogP contribution in [0.4, 0.5) is 0 Å². The van der Waals surface area contributed by atoms with E-state index in [1.54, 1.807) is 0 Å². The Hall–Kier alpha value is -8.09. The molecule has 6 nitrogen and oxygen atoms in total. The zero-order valence-corrected chi connectivity index (χ0v) is 31.4. The Morgan fingerprint density at radius 1 is 0.322 bits per heavy atom. The van der Waals surface area contributed by atoms with Crippen molar-refractivity contribution >= 4 is 87.2 Å². The molecule has 0 spiro atoms. The minimum atomic E-state index is 0.581. The highest BCUT2D eigenvalue weighted by atomic mass is 16.3. The van der Waals surface area contributed by atoms with Crippen LogP contribution in [0.25, 0.3) is 127 Å². The Bertz CT molecular complexity index is 3860. The Labute approximate surface area is 336 Å². The van der Waals surface area contributed by atoms with Gasteiger partial charge < -0.3 is 13.4 Å². The van der Waals surface area contributed by atoms with E-state index in [0.29, 0.717) is 17.5 Å². The molecule has 0 bridgehead atoms. The topological polar surface area (TPSA) is 69.9 Å². The zero-order chi connectivity index (χ0) is 38.6. The number of aromatic nitrogens is 4. The second-order valence-electron chi connectivity index (χ2n) is 15.2.